The summed E-state index contributed by atoms with van der Waals surface area (Å²) in [6, 6.07) is 29.4. The van der Waals surface area contributed by atoms with Crippen molar-refractivity contribution in [3.63, 3.8) is 0 Å². The van der Waals surface area contributed by atoms with Crippen LogP contribution in [0.1, 0.15) is 122 Å². The summed E-state index contributed by atoms with van der Waals surface area (Å²) in [5.41, 5.74) is -0.249. The Labute approximate surface area is 457 Å². The standard InChI is InChI=1S/C24H34N2O4.C19H26N2O2.C17H23NO4.ClH/c1-23(2,3)30-22(28)26-15-11-24(12-16-26,19-7-5-4-6-8-19)21(27)29-20-17-25-13-9-18(20)10-14-25;22-18(23-17-14-21-12-6-15(17)7-13-21)19(8-10-20-11-9-19)16-4-2-1-3-5-16;1-16(2,3)22-15(21)18-11-9-17(10-12-18,14(19)20)13-7-5-4-6-8-13;/h4-8,18,20H,9-17H2,1-3H3;1-5,15,17,20H,6-14H2;4-8H,9-12H2,1-3H3,(H,19,20);1H/t20-;17-;;/m00../s1. The number of carbonyl (C=O) groups excluding carboxylic acids is 4. The number of carboxylic acids is 1. The van der Waals surface area contributed by atoms with Crippen molar-refractivity contribution in [3.05, 3.63) is 108 Å². The summed E-state index contributed by atoms with van der Waals surface area (Å²) in [4.78, 5) is 71.4. The summed E-state index contributed by atoms with van der Waals surface area (Å²) in [7, 11) is 0. The topological polar surface area (TPSA) is 167 Å². The average molecular weight is 1070 g/mol. The van der Waals surface area contributed by atoms with Gasteiger partial charge in [0.05, 0.1) is 16.2 Å². The molecule has 0 spiro atoms. The predicted octanol–water partition coefficient (Wildman–Crippen LogP) is 9.00. The number of rotatable bonds is 8. The van der Waals surface area contributed by atoms with Crippen LogP contribution in [0.4, 0.5) is 9.59 Å². The van der Waals surface area contributed by atoms with Crippen molar-refractivity contribution in [1.82, 2.24) is 24.9 Å². The third-order valence-electron chi connectivity index (χ3n) is 16.9. The molecule has 2 N–H and O–H groups in total. The Morgan fingerprint density at radius 2 is 0.803 bits per heavy atom. The van der Waals surface area contributed by atoms with Crippen molar-refractivity contribution in [2.75, 3.05) is 78.5 Å². The molecule has 9 saturated heterocycles. The number of hydrogen-bond acceptors (Lipinski definition) is 12. The maximum atomic E-state index is 13.6. The Kier molecular flexibility index (Phi) is 19.3. The molecule has 2 amide bonds. The van der Waals surface area contributed by atoms with Crippen LogP contribution in [0.15, 0.2) is 91.0 Å². The molecule has 9 aliphatic heterocycles. The Morgan fingerprint density at radius 1 is 0.487 bits per heavy atom. The smallest absolute Gasteiger partial charge is 0.410 e. The minimum atomic E-state index is -0.917. The fourth-order valence-corrected chi connectivity index (χ4v) is 12.4. The van der Waals surface area contributed by atoms with Gasteiger partial charge in [-0.2, -0.15) is 0 Å². The van der Waals surface area contributed by atoms with E-state index in [1.165, 1.54) is 25.9 Å². The lowest BCUT2D eigenvalue weighted by Crippen LogP contribution is -2.55. The molecule has 0 radical (unpaired) electrons. The van der Waals surface area contributed by atoms with Crippen LogP contribution in [-0.2, 0) is 49.6 Å². The molecular weight excluding hydrogens is 986 g/mol. The van der Waals surface area contributed by atoms with E-state index in [1.54, 1.807) is 9.80 Å². The second kappa shape index (κ2) is 25.1. The summed E-state index contributed by atoms with van der Waals surface area (Å²) in [6.07, 6.45) is 7.54. The zero-order valence-corrected chi connectivity index (χ0v) is 46.7. The van der Waals surface area contributed by atoms with Gasteiger partial charge in [-0.05, 0) is 174 Å². The SMILES string of the molecule is CC(C)(C)OC(=O)N1CCC(C(=O)O)(c2ccccc2)CC1.CC(C)(C)OC(=O)N1CCC(C(=O)O[C@H]2CN3CCC2CC3)(c2ccccc2)CC1.Cl.O=C(O[C@H]1CN2CCC1CC2)C1(c2ccccc2)CCNCC1. The minimum absolute atomic E-state index is 0. The molecule has 12 rings (SSSR count). The number of carbonyl (C=O) groups is 5. The fourth-order valence-electron chi connectivity index (χ4n) is 12.4. The molecule has 9 aliphatic rings. The molecular formula is C60H84ClN5O10. The number of esters is 2. The second-order valence-electron chi connectivity index (χ2n) is 24.0. The number of carboxylic acid groups (broad SMARTS) is 1. The molecule has 2 atom stereocenters. The van der Waals surface area contributed by atoms with Gasteiger partial charge in [0.2, 0.25) is 0 Å². The first kappa shape index (κ1) is 58.5. The molecule has 15 nitrogen and oxygen atoms in total. The zero-order valence-electron chi connectivity index (χ0n) is 45.8. The van der Waals surface area contributed by atoms with Gasteiger partial charge in [0.15, 0.2) is 0 Å². The first-order chi connectivity index (χ1) is 35.8. The lowest BCUT2D eigenvalue weighted by atomic mass is 9.72. The van der Waals surface area contributed by atoms with E-state index in [2.05, 4.69) is 27.2 Å². The average Bonchev–Trinajstić information content (AvgIpc) is 3.42. The van der Waals surface area contributed by atoms with Crippen LogP contribution < -0.4 is 5.32 Å². The molecule has 0 aromatic heterocycles. The number of piperidine rings is 9. The number of nitrogens with one attached hydrogen (secondary N) is 1. The van der Waals surface area contributed by atoms with E-state index >= 15 is 0 Å². The lowest BCUT2D eigenvalue weighted by molar-refractivity contribution is -0.168. The molecule has 3 aromatic carbocycles. The van der Waals surface area contributed by atoms with Gasteiger partial charge in [0.1, 0.15) is 23.4 Å². The monoisotopic (exact) mass is 1070 g/mol. The van der Waals surface area contributed by atoms with E-state index in [-0.39, 0.29) is 48.7 Å². The highest BCUT2D eigenvalue weighted by Gasteiger charge is 2.49. The van der Waals surface area contributed by atoms with Gasteiger partial charge >= 0.3 is 30.1 Å². The van der Waals surface area contributed by atoms with Gasteiger partial charge in [-0.3, -0.25) is 24.2 Å². The van der Waals surface area contributed by atoms with Crippen molar-refractivity contribution in [2.24, 2.45) is 11.8 Å². The number of benzene rings is 3. The first-order valence-electron chi connectivity index (χ1n) is 27.7. The van der Waals surface area contributed by atoms with Gasteiger partial charge in [0.25, 0.3) is 0 Å². The number of amides is 2. The number of ether oxygens (including phenoxy) is 4. The molecule has 3 aromatic rings. The van der Waals surface area contributed by atoms with Crippen molar-refractivity contribution in [1.29, 1.82) is 0 Å². The van der Waals surface area contributed by atoms with Crippen LogP contribution in [-0.4, -0.2) is 157 Å². The third kappa shape index (κ3) is 13.9. The van der Waals surface area contributed by atoms with Crippen LogP contribution >= 0.6 is 12.4 Å². The van der Waals surface area contributed by atoms with Crippen LogP contribution in [0.3, 0.4) is 0 Å². The highest BCUT2D eigenvalue weighted by Crippen LogP contribution is 2.41. The van der Waals surface area contributed by atoms with E-state index in [1.807, 2.05) is 120 Å². The van der Waals surface area contributed by atoms with Crippen molar-refractivity contribution >= 4 is 42.5 Å². The van der Waals surface area contributed by atoms with Gasteiger partial charge < -0.3 is 39.2 Å². The molecule has 4 bridgehead atoms. The molecule has 76 heavy (non-hydrogen) atoms. The summed E-state index contributed by atoms with van der Waals surface area (Å²) in [5.74, 6) is 0.0925. The molecule has 9 heterocycles. The summed E-state index contributed by atoms with van der Waals surface area (Å²) < 4.78 is 23.2. The zero-order chi connectivity index (χ0) is 53.4. The van der Waals surface area contributed by atoms with E-state index in [4.69, 9.17) is 18.9 Å². The van der Waals surface area contributed by atoms with Crippen LogP contribution in [0.2, 0.25) is 0 Å². The lowest BCUT2D eigenvalue weighted by Gasteiger charge is -2.46. The molecule has 9 fully saturated rings. The number of hydrogen-bond donors (Lipinski definition) is 2. The number of aliphatic carboxylic acids is 1. The minimum Gasteiger partial charge on any atom is -0.481 e. The summed E-state index contributed by atoms with van der Waals surface area (Å²) in [6.45, 7) is 20.9. The quantitative estimate of drug-likeness (QED) is 0.162. The maximum Gasteiger partial charge on any atom is 0.410 e. The van der Waals surface area contributed by atoms with Gasteiger partial charge in [-0.15, -0.1) is 12.4 Å². The normalized spacial score (nSPS) is 26.1. The Morgan fingerprint density at radius 3 is 1.11 bits per heavy atom. The molecule has 0 saturated carbocycles. The van der Waals surface area contributed by atoms with E-state index in [0.29, 0.717) is 63.7 Å². The first-order valence-corrected chi connectivity index (χ1v) is 27.7. The molecule has 0 unspecified atom stereocenters. The van der Waals surface area contributed by atoms with Gasteiger partial charge in [-0.1, -0.05) is 91.0 Å². The van der Waals surface area contributed by atoms with Gasteiger partial charge in [0, 0.05) is 39.3 Å². The highest BCUT2D eigenvalue weighted by atomic mass is 35.5. The van der Waals surface area contributed by atoms with Crippen LogP contribution in [0.25, 0.3) is 0 Å². The Balaban J connectivity index is 0.000000167. The molecule has 0 aliphatic carbocycles. The summed E-state index contributed by atoms with van der Waals surface area (Å²) in [5, 5.41) is 13.1. The summed E-state index contributed by atoms with van der Waals surface area (Å²) >= 11 is 0. The largest absolute Gasteiger partial charge is 0.481 e. The highest BCUT2D eigenvalue weighted by molar-refractivity contribution is 5.86. The number of fused-ring (bicyclic) bond motifs is 6. The van der Waals surface area contributed by atoms with E-state index in [9.17, 15) is 29.1 Å². The predicted molar refractivity (Wildman–Crippen MR) is 294 cm³/mol. The van der Waals surface area contributed by atoms with Crippen molar-refractivity contribution < 1.29 is 48.0 Å². The Hall–Kier alpha value is -5.22. The number of nitrogens with zero attached hydrogens (tertiary/aromatic N) is 4. The molecule has 16 heteroatoms. The third-order valence-corrected chi connectivity index (χ3v) is 16.9. The molecule has 416 valence electrons. The Bertz CT molecular complexity index is 2380. The number of halogens is 1. The van der Waals surface area contributed by atoms with Crippen LogP contribution in [0.5, 0.6) is 0 Å². The number of likely N-dealkylation sites (tertiary alicyclic amines) is 2. The van der Waals surface area contributed by atoms with E-state index < -0.39 is 33.4 Å². The second-order valence-corrected chi connectivity index (χ2v) is 24.0. The fraction of sp³-hybridized carbons (Fsp3) is 0.617. The van der Waals surface area contributed by atoms with Gasteiger partial charge in [-0.25, -0.2) is 9.59 Å². The van der Waals surface area contributed by atoms with Crippen LogP contribution in [0, 0.1) is 11.8 Å². The van der Waals surface area contributed by atoms with Crippen molar-refractivity contribution in [2.45, 2.75) is 145 Å². The van der Waals surface area contributed by atoms with E-state index in [0.717, 1.165) is 81.6 Å². The maximum absolute atomic E-state index is 13.6. The van der Waals surface area contributed by atoms with Crippen molar-refractivity contribution in [3.8, 4) is 0 Å².